The van der Waals surface area contributed by atoms with Crippen molar-refractivity contribution in [2.24, 2.45) is 5.92 Å². The Balaban J connectivity index is 1.57. The summed E-state index contributed by atoms with van der Waals surface area (Å²) in [6.07, 6.45) is 0. The maximum Gasteiger partial charge on any atom is 0.251 e. The zero-order chi connectivity index (χ0) is 21.0. The molecule has 1 saturated heterocycles. The van der Waals surface area contributed by atoms with E-state index in [1.165, 1.54) is 4.88 Å². The van der Waals surface area contributed by atoms with E-state index in [0.29, 0.717) is 18.7 Å². The van der Waals surface area contributed by atoms with Crippen molar-refractivity contribution in [1.82, 2.24) is 15.1 Å². The number of benzene rings is 1. The van der Waals surface area contributed by atoms with Gasteiger partial charge in [-0.15, -0.1) is 11.3 Å². The molecule has 2 amide bonds. The van der Waals surface area contributed by atoms with Crippen molar-refractivity contribution in [3.8, 4) is 0 Å². The third-order valence-corrected chi connectivity index (χ3v) is 6.41. The summed E-state index contributed by atoms with van der Waals surface area (Å²) in [7, 11) is 0. The molecule has 1 fully saturated rings. The highest BCUT2D eigenvalue weighted by Gasteiger charge is 2.31. The first-order chi connectivity index (χ1) is 13.8. The molecule has 5 nitrogen and oxygen atoms in total. The van der Waals surface area contributed by atoms with Crippen LogP contribution in [0.2, 0.25) is 4.34 Å². The van der Waals surface area contributed by atoms with Gasteiger partial charge in [-0.25, -0.2) is 0 Å². The third kappa shape index (κ3) is 5.81. The van der Waals surface area contributed by atoms with Crippen molar-refractivity contribution in [2.75, 3.05) is 26.2 Å². The topological polar surface area (TPSA) is 52.7 Å². The molecule has 1 aromatic carbocycles. The summed E-state index contributed by atoms with van der Waals surface area (Å²) in [5.74, 6) is -0.184. The van der Waals surface area contributed by atoms with E-state index in [9.17, 15) is 9.59 Å². The molecule has 2 heterocycles. The lowest BCUT2D eigenvalue weighted by molar-refractivity contribution is -0.136. The Morgan fingerprint density at radius 1 is 1.14 bits per heavy atom. The number of carbonyl (C=O) groups is 2. The SMILES string of the molecule is Cc1cccc(C(=O)N[C@H](C(=O)N2CCN(Cc3ccc(Cl)s3)CC2)C(C)C)c1. The molecule has 0 radical (unpaired) electrons. The van der Waals surface area contributed by atoms with Crippen LogP contribution >= 0.6 is 22.9 Å². The first-order valence-corrected chi connectivity index (χ1v) is 11.2. The summed E-state index contributed by atoms with van der Waals surface area (Å²) in [6.45, 7) is 9.72. The summed E-state index contributed by atoms with van der Waals surface area (Å²) >= 11 is 7.61. The second-order valence-electron chi connectivity index (χ2n) is 7.87. The van der Waals surface area contributed by atoms with Gasteiger partial charge in [-0.1, -0.05) is 43.1 Å². The zero-order valence-corrected chi connectivity index (χ0v) is 18.7. The van der Waals surface area contributed by atoms with Gasteiger partial charge in [0, 0.05) is 43.2 Å². The number of aryl methyl sites for hydroxylation is 1. The van der Waals surface area contributed by atoms with Gasteiger partial charge in [-0.2, -0.15) is 0 Å². The molecule has 1 atom stereocenters. The first kappa shape index (κ1) is 21.8. The molecule has 1 aromatic heterocycles. The molecule has 0 aliphatic carbocycles. The lowest BCUT2D eigenvalue weighted by Gasteiger charge is -2.37. The van der Waals surface area contributed by atoms with Gasteiger partial charge < -0.3 is 10.2 Å². The van der Waals surface area contributed by atoms with Gasteiger partial charge >= 0.3 is 0 Å². The molecule has 3 rings (SSSR count). The molecule has 0 spiro atoms. The van der Waals surface area contributed by atoms with E-state index < -0.39 is 6.04 Å². The zero-order valence-electron chi connectivity index (χ0n) is 17.2. The normalized spacial score (nSPS) is 16.1. The molecule has 1 aliphatic heterocycles. The molecule has 156 valence electrons. The Morgan fingerprint density at radius 3 is 2.45 bits per heavy atom. The second-order valence-corrected chi connectivity index (χ2v) is 9.67. The van der Waals surface area contributed by atoms with Gasteiger partial charge in [0.15, 0.2) is 0 Å². The van der Waals surface area contributed by atoms with E-state index in [-0.39, 0.29) is 17.7 Å². The lowest BCUT2D eigenvalue weighted by Crippen LogP contribution is -2.56. The fraction of sp³-hybridized carbons (Fsp3) is 0.455. The van der Waals surface area contributed by atoms with Crippen molar-refractivity contribution < 1.29 is 9.59 Å². The van der Waals surface area contributed by atoms with Crippen LogP contribution in [-0.4, -0.2) is 53.8 Å². The van der Waals surface area contributed by atoms with Crippen molar-refractivity contribution in [1.29, 1.82) is 0 Å². The Kier molecular flexibility index (Phi) is 7.33. The van der Waals surface area contributed by atoms with E-state index in [4.69, 9.17) is 11.6 Å². The standard InChI is InChI=1S/C22H28ClN3O2S/c1-15(2)20(24-21(27)17-6-4-5-16(3)13-17)22(28)26-11-9-25(10-12-26)14-18-7-8-19(23)29-18/h4-8,13,15,20H,9-12,14H2,1-3H3,(H,24,27)/t20-/m0/s1. The fourth-order valence-corrected chi connectivity index (χ4v) is 4.63. The number of hydrogen-bond donors (Lipinski definition) is 1. The predicted molar refractivity (Wildman–Crippen MR) is 118 cm³/mol. The van der Waals surface area contributed by atoms with E-state index in [1.54, 1.807) is 17.4 Å². The van der Waals surface area contributed by atoms with Gasteiger partial charge in [0.1, 0.15) is 6.04 Å². The van der Waals surface area contributed by atoms with Crippen molar-refractivity contribution in [3.63, 3.8) is 0 Å². The largest absolute Gasteiger partial charge is 0.340 e. The number of hydrogen-bond acceptors (Lipinski definition) is 4. The maximum atomic E-state index is 13.1. The van der Waals surface area contributed by atoms with Crippen molar-refractivity contribution >= 4 is 34.8 Å². The van der Waals surface area contributed by atoms with Gasteiger partial charge in [-0.05, 0) is 37.1 Å². The predicted octanol–water partition coefficient (Wildman–Crippen LogP) is 3.81. The number of nitrogens with zero attached hydrogens (tertiary/aromatic N) is 2. The van der Waals surface area contributed by atoms with Gasteiger partial charge in [0.05, 0.1) is 4.34 Å². The molecular formula is C22H28ClN3O2S. The number of piperazine rings is 1. The molecule has 0 saturated carbocycles. The summed E-state index contributed by atoms with van der Waals surface area (Å²) in [5, 5.41) is 2.95. The minimum atomic E-state index is -0.523. The van der Waals surface area contributed by atoms with Crippen molar-refractivity contribution in [2.45, 2.75) is 33.4 Å². The van der Waals surface area contributed by atoms with Crippen LogP contribution in [0.1, 0.15) is 34.6 Å². The average molecular weight is 434 g/mol. The summed E-state index contributed by atoms with van der Waals surface area (Å²) in [4.78, 5) is 31.2. The quantitative estimate of drug-likeness (QED) is 0.753. The number of rotatable bonds is 6. The first-order valence-electron chi connectivity index (χ1n) is 9.96. The molecule has 29 heavy (non-hydrogen) atoms. The van der Waals surface area contributed by atoms with Crippen LogP contribution < -0.4 is 5.32 Å². The van der Waals surface area contributed by atoms with Crippen LogP contribution in [0, 0.1) is 12.8 Å². The highest BCUT2D eigenvalue weighted by molar-refractivity contribution is 7.16. The maximum absolute atomic E-state index is 13.1. The highest BCUT2D eigenvalue weighted by atomic mass is 35.5. The van der Waals surface area contributed by atoms with Crippen LogP contribution in [-0.2, 0) is 11.3 Å². The highest BCUT2D eigenvalue weighted by Crippen LogP contribution is 2.23. The molecule has 0 unspecified atom stereocenters. The van der Waals surface area contributed by atoms with Gasteiger partial charge in [-0.3, -0.25) is 14.5 Å². The van der Waals surface area contributed by atoms with E-state index in [2.05, 4.69) is 16.3 Å². The minimum Gasteiger partial charge on any atom is -0.340 e. The molecular weight excluding hydrogens is 406 g/mol. The van der Waals surface area contributed by atoms with E-state index in [1.807, 2.05) is 49.9 Å². The Hall–Kier alpha value is -1.89. The van der Waals surface area contributed by atoms with E-state index in [0.717, 1.165) is 29.5 Å². The van der Waals surface area contributed by atoms with Crippen LogP contribution in [0.4, 0.5) is 0 Å². The molecule has 1 N–H and O–H groups in total. The van der Waals surface area contributed by atoms with Crippen LogP contribution in [0.25, 0.3) is 0 Å². The van der Waals surface area contributed by atoms with Crippen LogP contribution in [0.15, 0.2) is 36.4 Å². The Labute approximate surface area is 181 Å². The average Bonchev–Trinajstić information content (AvgIpc) is 3.10. The molecule has 1 aliphatic rings. The number of halogens is 1. The number of thiophene rings is 1. The molecule has 7 heteroatoms. The third-order valence-electron chi connectivity index (χ3n) is 5.19. The van der Waals surface area contributed by atoms with Crippen molar-refractivity contribution in [3.05, 3.63) is 56.7 Å². The summed E-state index contributed by atoms with van der Waals surface area (Å²) in [6, 6.07) is 10.9. The van der Waals surface area contributed by atoms with E-state index >= 15 is 0 Å². The smallest absolute Gasteiger partial charge is 0.251 e. The Morgan fingerprint density at radius 2 is 1.86 bits per heavy atom. The molecule has 2 aromatic rings. The summed E-state index contributed by atoms with van der Waals surface area (Å²) in [5.41, 5.74) is 1.61. The lowest BCUT2D eigenvalue weighted by atomic mass is 10.0. The minimum absolute atomic E-state index is 0.000166. The fourth-order valence-electron chi connectivity index (χ4n) is 3.50. The number of amides is 2. The number of nitrogens with one attached hydrogen (secondary N) is 1. The van der Waals surface area contributed by atoms with Gasteiger partial charge in [0.2, 0.25) is 5.91 Å². The van der Waals surface area contributed by atoms with Crippen LogP contribution in [0.5, 0.6) is 0 Å². The van der Waals surface area contributed by atoms with Crippen LogP contribution in [0.3, 0.4) is 0 Å². The second kappa shape index (κ2) is 9.74. The summed E-state index contributed by atoms with van der Waals surface area (Å²) < 4.78 is 0.804. The Bertz CT molecular complexity index is 859. The van der Waals surface area contributed by atoms with Gasteiger partial charge in [0.25, 0.3) is 5.91 Å². The number of carbonyl (C=O) groups excluding carboxylic acids is 2. The monoisotopic (exact) mass is 433 g/mol. The molecule has 0 bridgehead atoms.